The number of oxazole rings is 1. The van der Waals surface area contributed by atoms with E-state index in [0.29, 0.717) is 36.6 Å². The van der Waals surface area contributed by atoms with Crippen LogP contribution in [0.15, 0.2) is 76.7 Å². The van der Waals surface area contributed by atoms with Crippen molar-refractivity contribution < 1.29 is 13.6 Å². The molecule has 0 N–H and O–H groups in total. The van der Waals surface area contributed by atoms with Gasteiger partial charge in [0.1, 0.15) is 5.82 Å². The van der Waals surface area contributed by atoms with Crippen molar-refractivity contribution in [1.29, 1.82) is 0 Å². The van der Waals surface area contributed by atoms with E-state index in [9.17, 15) is 9.18 Å². The minimum absolute atomic E-state index is 0.0661. The van der Waals surface area contributed by atoms with Crippen LogP contribution in [0.2, 0.25) is 0 Å². The SMILES string of the molecule is O=C(CCc1ncc(-c2ccccc2F)o1)N1CCc2sccc2C1c1ccccc1. The third-order valence-electron chi connectivity index (χ3n) is 5.65. The van der Waals surface area contributed by atoms with Gasteiger partial charge in [-0.1, -0.05) is 42.5 Å². The van der Waals surface area contributed by atoms with Gasteiger partial charge in [-0.3, -0.25) is 4.79 Å². The van der Waals surface area contributed by atoms with Gasteiger partial charge >= 0.3 is 0 Å². The van der Waals surface area contributed by atoms with Crippen LogP contribution < -0.4 is 0 Å². The average molecular weight is 433 g/mol. The van der Waals surface area contributed by atoms with Gasteiger partial charge in [-0.25, -0.2) is 9.37 Å². The summed E-state index contributed by atoms with van der Waals surface area (Å²) in [4.78, 5) is 20.8. The van der Waals surface area contributed by atoms with Crippen molar-refractivity contribution in [2.45, 2.75) is 25.3 Å². The van der Waals surface area contributed by atoms with Crippen LogP contribution in [0.5, 0.6) is 0 Å². The van der Waals surface area contributed by atoms with E-state index in [4.69, 9.17) is 4.42 Å². The molecule has 0 aliphatic carbocycles. The number of carbonyl (C=O) groups excluding carboxylic acids is 1. The largest absolute Gasteiger partial charge is 0.441 e. The van der Waals surface area contributed by atoms with Crippen molar-refractivity contribution in [3.05, 3.63) is 100.0 Å². The fourth-order valence-corrected chi connectivity index (χ4v) is 5.05. The summed E-state index contributed by atoms with van der Waals surface area (Å²) in [6, 6.07) is 18.7. The molecule has 0 bridgehead atoms. The molecule has 1 unspecified atom stereocenters. The van der Waals surface area contributed by atoms with Gasteiger partial charge in [0.2, 0.25) is 5.91 Å². The highest BCUT2D eigenvalue weighted by molar-refractivity contribution is 7.10. The second-order valence-electron chi connectivity index (χ2n) is 7.55. The molecule has 3 heterocycles. The fourth-order valence-electron chi connectivity index (χ4n) is 4.15. The summed E-state index contributed by atoms with van der Waals surface area (Å²) in [5, 5.41) is 2.10. The van der Waals surface area contributed by atoms with Gasteiger partial charge in [0.05, 0.1) is 17.8 Å². The van der Waals surface area contributed by atoms with Crippen molar-refractivity contribution in [1.82, 2.24) is 9.88 Å². The van der Waals surface area contributed by atoms with E-state index in [-0.39, 0.29) is 17.8 Å². The highest BCUT2D eigenvalue weighted by Gasteiger charge is 2.32. The van der Waals surface area contributed by atoms with Crippen LogP contribution >= 0.6 is 11.3 Å². The summed E-state index contributed by atoms with van der Waals surface area (Å²) in [7, 11) is 0. The molecule has 2 aromatic carbocycles. The zero-order chi connectivity index (χ0) is 21.2. The molecule has 5 rings (SSSR count). The van der Waals surface area contributed by atoms with Crippen LogP contribution in [0.1, 0.15) is 34.4 Å². The number of carbonyl (C=O) groups is 1. The molecule has 2 aromatic heterocycles. The summed E-state index contributed by atoms with van der Waals surface area (Å²) >= 11 is 1.76. The summed E-state index contributed by atoms with van der Waals surface area (Å²) in [6.07, 6.45) is 3.06. The second kappa shape index (κ2) is 8.47. The first-order valence-electron chi connectivity index (χ1n) is 10.3. The Labute approximate surface area is 184 Å². The molecular weight excluding hydrogens is 411 g/mol. The van der Waals surface area contributed by atoms with Crippen LogP contribution in [0.3, 0.4) is 0 Å². The number of aromatic nitrogens is 1. The minimum atomic E-state index is -0.355. The van der Waals surface area contributed by atoms with Crippen molar-refractivity contribution >= 4 is 17.2 Å². The highest BCUT2D eigenvalue weighted by atomic mass is 32.1. The van der Waals surface area contributed by atoms with Gasteiger partial charge in [0.25, 0.3) is 0 Å². The average Bonchev–Trinajstić information content (AvgIpc) is 3.47. The molecule has 0 saturated heterocycles. The third kappa shape index (κ3) is 3.91. The van der Waals surface area contributed by atoms with E-state index in [1.54, 1.807) is 29.5 Å². The monoisotopic (exact) mass is 432 g/mol. The van der Waals surface area contributed by atoms with Gasteiger partial charge in [0.15, 0.2) is 11.7 Å². The van der Waals surface area contributed by atoms with Crippen LogP contribution in [0, 0.1) is 5.82 Å². The predicted octanol–water partition coefficient (Wildman–Crippen LogP) is 5.65. The summed E-state index contributed by atoms with van der Waals surface area (Å²) in [5.41, 5.74) is 2.71. The lowest BCUT2D eigenvalue weighted by atomic mass is 9.93. The number of hydrogen-bond donors (Lipinski definition) is 0. The van der Waals surface area contributed by atoms with Gasteiger partial charge in [-0.2, -0.15) is 0 Å². The lowest BCUT2D eigenvalue weighted by Gasteiger charge is -2.36. The van der Waals surface area contributed by atoms with Crippen LogP contribution in [0.25, 0.3) is 11.3 Å². The maximum atomic E-state index is 14.0. The fraction of sp³-hybridized carbons (Fsp3) is 0.200. The van der Waals surface area contributed by atoms with Crippen molar-refractivity contribution in [3.63, 3.8) is 0 Å². The van der Waals surface area contributed by atoms with Crippen molar-refractivity contribution in [2.75, 3.05) is 6.54 Å². The number of nitrogens with zero attached hydrogens (tertiary/aromatic N) is 2. The first kappa shape index (κ1) is 19.7. The number of aryl methyl sites for hydroxylation is 1. The lowest BCUT2D eigenvalue weighted by Crippen LogP contribution is -2.40. The predicted molar refractivity (Wildman–Crippen MR) is 118 cm³/mol. The molecule has 0 fully saturated rings. The molecule has 4 nitrogen and oxygen atoms in total. The van der Waals surface area contributed by atoms with E-state index >= 15 is 0 Å². The molecule has 1 atom stereocenters. The molecule has 0 radical (unpaired) electrons. The molecule has 0 saturated carbocycles. The summed E-state index contributed by atoms with van der Waals surface area (Å²) in [5.74, 6) is 0.530. The molecule has 1 aliphatic rings. The zero-order valence-electron chi connectivity index (χ0n) is 16.8. The van der Waals surface area contributed by atoms with Crippen LogP contribution in [0.4, 0.5) is 4.39 Å². The number of thiophene rings is 1. The summed E-state index contributed by atoms with van der Waals surface area (Å²) < 4.78 is 19.7. The normalized spacial score (nSPS) is 15.6. The Bertz CT molecular complexity index is 1200. The van der Waals surface area contributed by atoms with Crippen molar-refractivity contribution in [3.8, 4) is 11.3 Å². The number of fused-ring (bicyclic) bond motifs is 1. The van der Waals surface area contributed by atoms with Gasteiger partial charge in [-0.15, -0.1) is 11.3 Å². The topological polar surface area (TPSA) is 46.3 Å². The highest BCUT2D eigenvalue weighted by Crippen LogP contribution is 2.38. The number of halogens is 1. The Hall–Kier alpha value is -3.25. The Kier molecular flexibility index (Phi) is 5.38. The molecule has 156 valence electrons. The van der Waals surface area contributed by atoms with E-state index in [0.717, 1.165) is 12.0 Å². The summed E-state index contributed by atoms with van der Waals surface area (Å²) in [6.45, 7) is 0.692. The maximum absolute atomic E-state index is 14.0. The number of benzene rings is 2. The van der Waals surface area contributed by atoms with Crippen LogP contribution in [-0.2, 0) is 17.6 Å². The molecular formula is C25H21FN2O2S. The minimum Gasteiger partial charge on any atom is -0.441 e. The van der Waals surface area contributed by atoms with Crippen molar-refractivity contribution in [2.24, 2.45) is 0 Å². The molecule has 6 heteroatoms. The Morgan fingerprint density at radius 2 is 1.94 bits per heavy atom. The lowest BCUT2D eigenvalue weighted by molar-refractivity contribution is -0.133. The Morgan fingerprint density at radius 3 is 2.77 bits per heavy atom. The van der Waals surface area contributed by atoms with E-state index in [1.165, 1.54) is 22.7 Å². The van der Waals surface area contributed by atoms with Gasteiger partial charge in [-0.05, 0) is 41.1 Å². The number of amides is 1. The first-order valence-corrected chi connectivity index (χ1v) is 11.2. The van der Waals surface area contributed by atoms with E-state index in [2.05, 4.69) is 28.6 Å². The van der Waals surface area contributed by atoms with Gasteiger partial charge < -0.3 is 9.32 Å². The smallest absolute Gasteiger partial charge is 0.223 e. The molecule has 1 aliphatic heterocycles. The van der Waals surface area contributed by atoms with Gasteiger partial charge in [0, 0.05) is 24.3 Å². The number of rotatable bonds is 5. The van der Waals surface area contributed by atoms with Crippen LogP contribution in [-0.4, -0.2) is 22.3 Å². The molecule has 0 spiro atoms. The maximum Gasteiger partial charge on any atom is 0.223 e. The standard InChI is InChI=1S/C25H21FN2O2S/c26-20-9-5-4-8-18(20)21-16-27-23(30-21)10-11-24(29)28-14-12-22-19(13-15-31-22)25(28)17-6-2-1-3-7-17/h1-9,13,15-16,25H,10-12,14H2. The third-order valence-corrected chi connectivity index (χ3v) is 6.64. The molecule has 1 amide bonds. The number of hydrogen-bond acceptors (Lipinski definition) is 4. The molecule has 31 heavy (non-hydrogen) atoms. The van der Waals surface area contributed by atoms with E-state index < -0.39 is 0 Å². The second-order valence-corrected chi connectivity index (χ2v) is 8.55. The first-order chi connectivity index (χ1) is 15.2. The Balaban J connectivity index is 1.33. The quantitative estimate of drug-likeness (QED) is 0.409. The Morgan fingerprint density at radius 1 is 1.13 bits per heavy atom. The molecule has 4 aromatic rings. The van der Waals surface area contributed by atoms with E-state index in [1.807, 2.05) is 23.1 Å². The zero-order valence-corrected chi connectivity index (χ0v) is 17.6.